The Kier molecular flexibility index (Phi) is 7.46. The zero-order chi connectivity index (χ0) is 22.7. The van der Waals surface area contributed by atoms with E-state index in [0.717, 1.165) is 44.5 Å². The topological polar surface area (TPSA) is 71.0 Å². The molecule has 2 fully saturated rings. The van der Waals surface area contributed by atoms with Gasteiger partial charge in [0.25, 0.3) is 0 Å². The van der Waals surface area contributed by atoms with Crippen molar-refractivity contribution < 1.29 is 19.4 Å². The van der Waals surface area contributed by atoms with E-state index < -0.39 is 6.10 Å². The van der Waals surface area contributed by atoms with Crippen LogP contribution >= 0.6 is 23.2 Å². The molecule has 1 aliphatic heterocycles. The van der Waals surface area contributed by atoms with E-state index in [1.165, 1.54) is 6.92 Å². The number of aliphatic hydroxyl groups is 1. The smallest absolute Gasteiger partial charge is 0.221 e. The SMILES string of the molecule is CC(=O)Nc1ccccc1O[C@@H]1CC[C@@H](N2CCC(Oc3ccc(Cl)c(Cl)c3)CC2)[C@H]1O. The molecule has 8 heteroatoms. The lowest BCUT2D eigenvalue weighted by molar-refractivity contribution is -0.114. The molecule has 1 aliphatic carbocycles. The van der Waals surface area contributed by atoms with Crippen LogP contribution in [-0.2, 0) is 4.79 Å². The quantitative estimate of drug-likeness (QED) is 0.625. The summed E-state index contributed by atoms with van der Waals surface area (Å²) in [6.07, 6.45) is 2.60. The number of likely N-dealkylation sites (tertiary alicyclic amines) is 1. The Morgan fingerprint density at radius 3 is 2.50 bits per heavy atom. The summed E-state index contributed by atoms with van der Waals surface area (Å²) in [7, 11) is 0. The van der Waals surface area contributed by atoms with Gasteiger partial charge in [-0.25, -0.2) is 0 Å². The van der Waals surface area contributed by atoms with Gasteiger partial charge in [-0.05, 0) is 49.9 Å². The highest BCUT2D eigenvalue weighted by Crippen LogP contribution is 2.34. The minimum absolute atomic E-state index is 0.0545. The monoisotopic (exact) mass is 478 g/mol. The van der Waals surface area contributed by atoms with Crippen molar-refractivity contribution in [1.82, 2.24) is 4.90 Å². The molecule has 1 saturated carbocycles. The summed E-state index contributed by atoms with van der Waals surface area (Å²) in [5.74, 6) is 1.16. The van der Waals surface area contributed by atoms with Gasteiger partial charge in [0.05, 0.1) is 15.7 Å². The Balaban J connectivity index is 1.31. The number of amides is 1. The summed E-state index contributed by atoms with van der Waals surface area (Å²) in [4.78, 5) is 13.8. The van der Waals surface area contributed by atoms with Crippen LogP contribution in [0.3, 0.4) is 0 Å². The molecule has 1 heterocycles. The van der Waals surface area contributed by atoms with Crippen LogP contribution in [0.5, 0.6) is 11.5 Å². The number of para-hydroxylation sites is 2. The van der Waals surface area contributed by atoms with E-state index in [4.69, 9.17) is 32.7 Å². The number of hydrogen-bond acceptors (Lipinski definition) is 5. The summed E-state index contributed by atoms with van der Waals surface area (Å²) in [6.45, 7) is 3.16. The number of piperidine rings is 1. The standard InChI is InChI=1S/C24H28Cl2N2O4/c1-15(29)27-20-4-2-3-5-22(20)32-23-9-8-21(24(23)30)28-12-10-16(11-13-28)31-17-6-7-18(25)19(26)14-17/h2-7,14,16,21,23-24,30H,8-13H2,1H3,(H,27,29)/t21-,23-,24-/m1/s1. The van der Waals surface area contributed by atoms with E-state index in [1.807, 2.05) is 24.3 Å². The van der Waals surface area contributed by atoms with Gasteiger partial charge in [-0.15, -0.1) is 0 Å². The molecule has 32 heavy (non-hydrogen) atoms. The van der Waals surface area contributed by atoms with Crippen molar-refractivity contribution in [2.24, 2.45) is 0 Å². The highest BCUT2D eigenvalue weighted by molar-refractivity contribution is 6.42. The second-order valence-corrected chi connectivity index (χ2v) is 9.21. The number of carbonyl (C=O) groups is 1. The number of rotatable bonds is 6. The fraction of sp³-hybridized carbons (Fsp3) is 0.458. The van der Waals surface area contributed by atoms with Crippen LogP contribution in [0.1, 0.15) is 32.6 Å². The predicted octanol–water partition coefficient (Wildman–Crippen LogP) is 4.77. The third-order valence-electron chi connectivity index (χ3n) is 6.14. The van der Waals surface area contributed by atoms with Crippen molar-refractivity contribution in [1.29, 1.82) is 0 Å². The van der Waals surface area contributed by atoms with E-state index in [1.54, 1.807) is 18.2 Å². The Hall–Kier alpha value is -1.99. The second-order valence-electron chi connectivity index (χ2n) is 8.40. The molecular weight excluding hydrogens is 451 g/mol. The normalized spacial score (nSPS) is 24.3. The highest BCUT2D eigenvalue weighted by atomic mass is 35.5. The van der Waals surface area contributed by atoms with Crippen LogP contribution in [0.15, 0.2) is 42.5 Å². The zero-order valence-electron chi connectivity index (χ0n) is 18.0. The minimum atomic E-state index is -0.590. The maximum absolute atomic E-state index is 11.5. The van der Waals surface area contributed by atoms with Crippen molar-refractivity contribution in [2.45, 2.75) is 57.0 Å². The van der Waals surface area contributed by atoms with E-state index in [9.17, 15) is 9.90 Å². The molecular formula is C24H28Cl2N2O4. The molecule has 2 N–H and O–H groups in total. The van der Waals surface area contributed by atoms with Crippen LogP contribution in [-0.4, -0.2) is 53.4 Å². The molecule has 1 saturated heterocycles. The molecule has 1 amide bonds. The second kappa shape index (κ2) is 10.3. The van der Waals surface area contributed by atoms with E-state index >= 15 is 0 Å². The van der Waals surface area contributed by atoms with Crippen LogP contribution in [0.4, 0.5) is 5.69 Å². The van der Waals surface area contributed by atoms with Crippen LogP contribution in [0.2, 0.25) is 10.0 Å². The fourth-order valence-electron chi connectivity index (χ4n) is 4.54. The lowest BCUT2D eigenvalue weighted by atomic mass is 10.0. The van der Waals surface area contributed by atoms with Gasteiger partial charge < -0.3 is 19.9 Å². The first-order valence-corrected chi connectivity index (χ1v) is 11.7. The fourth-order valence-corrected chi connectivity index (χ4v) is 4.83. The summed E-state index contributed by atoms with van der Waals surface area (Å²) < 4.78 is 12.2. The van der Waals surface area contributed by atoms with Gasteiger partial charge in [0.15, 0.2) is 0 Å². The molecule has 172 valence electrons. The first-order valence-electron chi connectivity index (χ1n) is 11.0. The number of aliphatic hydroxyl groups excluding tert-OH is 1. The molecule has 2 aromatic carbocycles. The van der Waals surface area contributed by atoms with Gasteiger partial charge >= 0.3 is 0 Å². The van der Waals surface area contributed by atoms with Gasteiger partial charge in [-0.1, -0.05) is 35.3 Å². The first-order chi connectivity index (χ1) is 15.4. The Bertz CT molecular complexity index is 949. The van der Waals surface area contributed by atoms with Crippen molar-refractivity contribution in [3.63, 3.8) is 0 Å². The maximum atomic E-state index is 11.5. The molecule has 4 rings (SSSR count). The summed E-state index contributed by atoms with van der Waals surface area (Å²) in [5.41, 5.74) is 0.621. The molecule has 0 unspecified atom stereocenters. The highest BCUT2D eigenvalue weighted by Gasteiger charge is 2.41. The summed E-state index contributed by atoms with van der Waals surface area (Å²) in [6, 6.07) is 12.7. The number of nitrogens with zero attached hydrogens (tertiary/aromatic N) is 1. The molecule has 0 bridgehead atoms. The average Bonchev–Trinajstić information content (AvgIpc) is 3.12. The number of anilines is 1. The van der Waals surface area contributed by atoms with Gasteiger partial charge in [0, 0.05) is 32.1 Å². The minimum Gasteiger partial charge on any atom is -0.490 e. The lowest BCUT2D eigenvalue weighted by Gasteiger charge is -2.37. The Morgan fingerprint density at radius 1 is 1.03 bits per heavy atom. The number of ether oxygens (including phenoxy) is 2. The Morgan fingerprint density at radius 2 is 1.78 bits per heavy atom. The molecule has 0 spiro atoms. The number of halogens is 2. The summed E-state index contributed by atoms with van der Waals surface area (Å²) in [5, 5.41) is 14.8. The van der Waals surface area contributed by atoms with Crippen molar-refractivity contribution >= 4 is 34.8 Å². The third-order valence-corrected chi connectivity index (χ3v) is 6.88. The zero-order valence-corrected chi connectivity index (χ0v) is 19.5. The molecule has 0 aromatic heterocycles. The molecule has 2 aliphatic rings. The van der Waals surface area contributed by atoms with Gasteiger partial charge in [0.1, 0.15) is 29.8 Å². The summed E-state index contributed by atoms with van der Waals surface area (Å²) >= 11 is 12.1. The van der Waals surface area contributed by atoms with Gasteiger partial charge in [-0.3, -0.25) is 9.69 Å². The Labute approximate surface area is 198 Å². The van der Waals surface area contributed by atoms with Crippen molar-refractivity contribution in [2.75, 3.05) is 18.4 Å². The van der Waals surface area contributed by atoms with Crippen LogP contribution < -0.4 is 14.8 Å². The van der Waals surface area contributed by atoms with Crippen LogP contribution in [0, 0.1) is 0 Å². The third kappa shape index (κ3) is 5.49. The van der Waals surface area contributed by atoms with E-state index in [-0.39, 0.29) is 24.2 Å². The van der Waals surface area contributed by atoms with Crippen LogP contribution in [0.25, 0.3) is 0 Å². The molecule has 2 aromatic rings. The number of hydrogen-bond donors (Lipinski definition) is 2. The predicted molar refractivity (Wildman–Crippen MR) is 126 cm³/mol. The number of benzene rings is 2. The molecule has 3 atom stereocenters. The lowest BCUT2D eigenvalue weighted by Crippen LogP contribution is -2.49. The first kappa shape index (κ1) is 23.2. The molecule has 6 nitrogen and oxygen atoms in total. The maximum Gasteiger partial charge on any atom is 0.221 e. The average molecular weight is 479 g/mol. The molecule has 0 radical (unpaired) electrons. The van der Waals surface area contributed by atoms with E-state index in [2.05, 4.69) is 10.2 Å². The largest absolute Gasteiger partial charge is 0.490 e. The van der Waals surface area contributed by atoms with E-state index in [0.29, 0.717) is 21.5 Å². The number of carbonyl (C=O) groups excluding carboxylic acids is 1. The van der Waals surface area contributed by atoms with Gasteiger partial charge in [-0.2, -0.15) is 0 Å². The van der Waals surface area contributed by atoms with Crippen molar-refractivity contribution in [3.8, 4) is 11.5 Å². The van der Waals surface area contributed by atoms with Gasteiger partial charge in [0.2, 0.25) is 5.91 Å². The number of nitrogens with one attached hydrogen (secondary N) is 1. The van der Waals surface area contributed by atoms with Crippen molar-refractivity contribution in [3.05, 3.63) is 52.5 Å².